The lowest BCUT2D eigenvalue weighted by Crippen LogP contribution is -2.50. The quantitative estimate of drug-likeness (QED) is 0.753. The number of hydrogen-bond donors (Lipinski definition) is 1. The van der Waals surface area contributed by atoms with Crippen LogP contribution in [0.15, 0.2) is 0 Å². The van der Waals surface area contributed by atoms with Crippen LogP contribution in [-0.4, -0.2) is 65.8 Å². The summed E-state index contributed by atoms with van der Waals surface area (Å²) >= 11 is 0. The van der Waals surface area contributed by atoms with E-state index < -0.39 is 25.4 Å². The van der Waals surface area contributed by atoms with Crippen LogP contribution in [0.25, 0.3) is 0 Å². The molecule has 0 rings (SSSR count). The van der Waals surface area contributed by atoms with Crippen LogP contribution in [0, 0.1) is 0 Å². The molecule has 1 amide bonds. The number of amides is 1. The molecule has 1 atom stereocenters. The van der Waals surface area contributed by atoms with Gasteiger partial charge in [0.25, 0.3) is 0 Å². The van der Waals surface area contributed by atoms with Gasteiger partial charge in [-0.3, -0.25) is 9.69 Å². The highest BCUT2D eigenvalue weighted by molar-refractivity contribution is 5.81. The molecule has 0 heterocycles. The second-order valence-corrected chi connectivity index (χ2v) is 4.00. The van der Waals surface area contributed by atoms with Crippen LogP contribution in [-0.2, 0) is 4.79 Å². The number of carbonyl (C=O) groups is 1. The van der Waals surface area contributed by atoms with Crippen molar-refractivity contribution in [2.24, 2.45) is 0 Å². The highest BCUT2D eigenvalue weighted by atomic mass is 19.4. The number of aliphatic hydroxyl groups is 1. The van der Waals surface area contributed by atoms with Gasteiger partial charge in [0.2, 0.25) is 5.91 Å². The molecule has 4 nitrogen and oxygen atoms in total. The van der Waals surface area contributed by atoms with E-state index in [1.54, 1.807) is 13.8 Å². The highest BCUT2D eigenvalue weighted by Crippen LogP contribution is 2.18. The summed E-state index contributed by atoms with van der Waals surface area (Å²) in [5, 5.41) is 8.78. The average molecular weight is 270 g/mol. The molecule has 0 aliphatic carbocycles. The predicted octanol–water partition coefficient (Wildman–Crippen LogP) is 1.10. The Morgan fingerprint density at radius 3 is 2.11 bits per heavy atom. The van der Waals surface area contributed by atoms with Crippen LogP contribution in [0.5, 0.6) is 0 Å². The Hall–Kier alpha value is -0.820. The number of rotatable bonds is 7. The van der Waals surface area contributed by atoms with Gasteiger partial charge in [-0.05, 0) is 20.8 Å². The molecule has 18 heavy (non-hydrogen) atoms. The molecule has 1 unspecified atom stereocenters. The highest BCUT2D eigenvalue weighted by Gasteiger charge is 2.35. The standard InChI is InChI=1S/C11H21F3N2O2/c1-4-15(5-2)10(18)9(3)16(6-7-17)8-11(12,13)14/h9,17H,4-8H2,1-3H3. The number of likely N-dealkylation sites (N-methyl/N-ethyl adjacent to an activating group) is 1. The summed E-state index contributed by atoms with van der Waals surface area (Å²) in [6.07, 6.45) is -4.38. The molecule has 0 saturated heterocycles. The number of nitrogens with zero attached hydrogens (tertiary/aromatic N) is 2. The van der Waals surface area contributed by atoms with Crippen molar-refractivity contribution in [2.45, 2.75) is 33.0 Å². The number of halogens is 3. The maximum atomic E-state index is 12.4. The Labute approximate surface area is 105 Å². The first kappa shape index (κ1) is 17.2. The fourth-order valence-electron chi connectivity index (χ4n) is 1.72. The van der Waals surface area contributed by atoms with Gasteiger partial charge in [0.1, 0.15) is 0 Å². The van der Waals surface area contributed by atoms with Crippen LogP contribution in [0.3, 0.4) is 0 Å². The lowest BCUT2D eigenvalue weighted by molar-refractivity contribution is -0.158. The maximum Gasteiger partial charge on any atom is 0.401 e. The van der Waals surface area contributed by atoms with Gasteiger partial charge in [0.15, 0.2) is 0 Å². The third kappa shape index (κ3) is 5.68. The van der Waals surface area contributed by atoms with Crippen molar-refractivity contribution >= 4 is 5.91 Å². The van der Waals surface area contributed by atoms with Gasteiger partial charge in [-0.15, -0.1) is 0 Å². The minimum absolute atomic E-state index is 0.173. The minimum atomic E-state index is -4.38. The fourth-order valence-corrected chi connectivity index (χ4v) is 1.72. The molecule has 0 fully saturated rings. The summed E-state index contributed by atoms with van der Waals surface area (Å²) in [6.45, 7) is 4.11. The molecule has 0 aromatic carbocycles. The van der Waals surface area contributed by atoms with Gasteiger partial charge in [0.05, 0.1) is 19.2 Å². The molecule has 0 radical (unpaired) electrons. The Morgan fingerprint density at radius 1 is 1.28 bits per heavy atom. The van der Waals surface area contributed by atoms with Gasteiger partial charge < -0.3 is 10.0 Å². The third-order valence-electron chi connectivity index (χ3n) is 2.75. The molecule has 0 bridgehead atoms. The molecule has 0 spiro atoms. The summed E-state index contributed by atoms with van der Waals surface area (Å²) in [5.74, 6) is -0.349. The lowest BCUT2D eigenvalue weighted by atomic mass is 10.2. The van der Waals surface area contributed by atoms with Crippen molar-refractivity contribution in [1.29, 1.82) is 0 Å². The number of alkyl halides is 3. The van der Waals surface area contributed by atoms with Gasteiger partial charge >= 0.3 is 6.18 Å². The number of aliphatic hydroxyl groups excluding tert-OH is 1. The normalized spacial score (nSPS) is 13.8. The molecular formula is C11H21F3N2O2. The third-order valence-corrected chi connectivity index (χ3v) is 2.75. The van der Waals surface area contributed by atoms with Crippen LogP contribution >= 0.6 is 0 Å². The zero-order chi connectivity index (χ0) is 14.3. The molecule has 0 saturated carbocycles. The Kier molecular flexibility index (Phi) is 7.23. The van der Waals surface area contributed by atoms with E-state index >= 15 is 0 Å². The first-order chi connectivity index (χ1) is 8.26. The Balaban J connectivity index is 4.74. The Morgan fingerprint density at radius 2 is 1.78 bits per heavy atom. The molecule has 0 aliphatic heterocycles. The monoisotopic (exact) mass is 270 g/mol. The number of carbonyl (C=O) groups excluding carboxylic acids is 1. The molecule has 0 aromatic heterocycles. The molecule has 7 heteroatoms. The van der Waals surface area contributed by atoms with Crippen molar-refractivity contribution < 1.29 is 23.1 Å². The van der Waals surface area contributed by atoms with Crippen molar-refractivity contribution in [2.75, 3.05) is 32.8 Å². The molecule has 1 N–H and O–H groups in total. The largest absolute Gasteiger partial charge is 0.401 e. The summed E-state index contributed by atoms with van der Waals surface area (Å²) < 4.78 is 37.1. The molecule has 0 aliphatic rings. The fraction of sp³-hybridized carbons (Fsp3) is 0.909. The van der Waals surface area contributed by atoms with Crippen molar-refractivity contribution in [3.05, 3.63) is 0 Å². The van der Waals surface area contributed by atoms with E-state index in [4.69, 9.17) is 5.11 Å². The van der Waals surface area contributed by atoms with E-state index in [9.17, 15) is 18.0 Å². The van der Waals surface area contributed by atoms with Crippen molar-refractivity contribution in [3.8, 4) is 0 Å². The number of hydrogen-bond acceptors (Lipinski definition) is 3. The first-order valence-electron chi connectivity index (χ1n) is 5.97. The summed E-state index contributed by atoms with van der Waals surface area (Å²) in [5.41, 5.74) is 0. The van der Waals surface area contributed by atoms with Gasteiger partial charge in [0, 0.05) is 19.6 Å². The predicted molar refractivity (Wildman–Crippen MR) is 62.1 cm³/mol. The summed E-state index contributed by atoms with van der Waals surface area (Å²) in [6, 6.07) is -0.890. The van der Waals surface area contributed by atoms with E-state index in [0.717, 1.165) is 4.90 Å². The van der Waals surface area contributed by atoms with Crippen LogP contribution in [0.1, 0.15) is 20.8 Å². The van der Waals surface area contributed by atoms with Gasteiger partial charge in [-0.1, -0.05) is 0 Å². The SMILES string of the molecule is CCN(CC)C(=O)C(C)N(CCO)CC(F)(F)F. The molecular weight excluding hydrogens is 249 g/mol. The smallest absolute Gasteiger partial charge is 0.395 e. The lowest BCUT2D eigenvalue weighted by Gasteiger charge is -2.31. The van der Waals surface area contributed by atoms with Gasteiger partial charge in [-0.25, -0.2) is 0 Å². The van der Waals surface area contributed by atoms with E-state index in [1.807, 2.05) is 0 Å². The second kappa shape index (κ2) is 7.58. The Bertz CT molecular complexity index is 255. The van der Waals surface area contributed by atoms with Crippen LogP contribution in [0.2, 0.25) is 0 Å². The maximum absolute atomic E-state index is 12.4. The van der Waals surface area contributed by atoms with E-state index in [2.05, 4.69) is 0 Å². The average Bonchev–Trinajstić information content (AvgIpc) is 2.27. The summed E-state index contributed by atoms with van der Waals surface area (Å²) in [7, 11) is 0. The van der Waals surface area contributed by atoms with Crippen molar-refractivity contribution in [1.82, 2.24) is 9.80 Å². The minimum Gasteiger partial charge on any atom is -0.395 e. The van der Waals surface area contributed by atoms with E-state index in [0.29, 0.717) is 13.1 Å². The zero-order valence-corrected chi connectivity index (χ0v) is 11.0. The van der Waals surface area contributed by atoms with E-state index in [1.165, 1.54) is 11.8 Å². The first-order valence-corrected chi connectivity index (χ1v) is 5.97. The topological polar surface area (TPSA) is 43.8 Å². The van der Waals surface area contributed by atoms with Gasteiger partial charge in [-0.2, -0.15) is 13.2 Å². The second-order valence-electron chi connectivity index (χ2n) is 4.00. The van der Waals surface area contributed by atoms with Crippen molar-refractivity contribution in [3.63, 3.8) is 0 Å². The van der Waals surface area contributed by atoms with Crippen LogP contribution in [0.4, 0.5) is 13.2 Å². The van der Waals surface area contributed by atoms with E-state index in [-0.39, 0.29) is 12.5 Å². The zero-order valence-electron chi connectivity index (χ0n) is 11.0. The summed E-state index contributed by atoms with van der Waals surface area (Å²) in [4.78, 5) is 14.4. The molecule has 0 aromatic rings. The van der Waals surface area contributed by atoms with Crippen LogP contribution < -0.4 is 0 Å². The molecule has 108 valence electrons.